The lowest BCUT2D eigenvalue weighted by Gasteiger charge is -2.13. The van der Waals surface area contributed by atoms with Gasteiger partial charge in [0, 0.05) is 11.3 Å². The van der Waals surface area contributed by atoms with Gasteiger partial charge in [-0.15, -0.1) is 0 Å². The first-order chi connectivity index (χ1) is 12.8. The van der Waals surface area contributed by atoms with Crippen LogP contribution in [0.1, 0.15) is 56.3 Å². The molecular formula is C20H23NO6. The monoisotopic (exact) mass is 373 g/mol. The van der Waals surface area contributed by atoms with Crippen LogP contribution in [-0.4, -0.2) is 42.5 Å². The van der Waals surface area contributed by atoms with Gasteiger partial charge in [0.1, 0.15) is 11.4 Å². The average molecular weight is 373 g/mol. The van der Waals surface area contributed by atoms with Crippen LogP contribution in [0.25, 0.3) is 0 Å². The van der Waals surface area contributed by atoms with E-state index >= 15 is 0 Å². The SMILES string of the molecule is CCOC(=O)c1[nH]c(C)c(C(=O)O[C@H](C)C(=O)c2ccc(OC)cc2)c1C. The number of aryl methyl sites for hydroxylation is 1. The lowest BCUT2D eigenvalue weighted by atomic mass is 10.1. The van der Waals surface area contributed by atoms with Gasteiger partial charge in [-0.3, -0.25) is 4.79 Å². The Hall–Kier alpha value is -3.09. The minimum Gasteiger partial charge on any atom is -0.497 e. The Bertz CT molecular complexity index is 850. The first-order valence-corrected chi connectivity index (χ1v) is 8.55. The van der Waals surface area contributed by atoms with E-state index in [2.05, 4.69) is 4.98 Å². The van der Waals surface area contributed by atoms with Crippen molar-refractivity contribution >= 4 is 17.7 Å². The maximum absolute atomic E-state index is 12.6. The minimum atomic E-state index is -0.981. The molecule has 0 amide bonds. The molecule has 0 saturated heterocycles. The summed E-state index contributed by atoms with van der Waals surface area (Å²) in [5, 5.41) is 0. The molecule has 0 spiro atoms. The summed E-state index contributed by atoms with van der Waals surface area (Å²) in [6.45, 7) is 6.72. The summed E-state index contributed by atoms with van der Waals surface area (Å²) in [5.41, 5.74) is 1.75. The quantitative estimate of drug-likeness (QED) is 0.591. The smallest absolute Gasteiger partial charge is 0.355 e. The molecule has 0 radical (unpaired) electrons. The van der Waals surface area contributed by atoms with Gasteiger partial charge in [-0.25, -0.2) is 9.59 Å². The molecule has 0 bridgehead atoms. The molecule has 2 aromatic rings. The molecule has 1 aromatic carbocycles. The van der Waals surface area contributed by atoms with E-state index in [1.807, 2.05) is 0 Å². The summed E-state index contributed by atoms with van der Waals surface area (Å²) in [7, 11) is 1.54. The van der Waals surface area contributed by atoms with E-state index in [-0.39, 0.29) is 23.6 Å². The van der Waals surface area contributed by atoms with E-state index < -0.39 is 18.0 Å². The second kappa shape index (κ2) is 8.53. The topological polar surface area (TPSA) is 94.7 Å². The number of ketones is 1. The van der Waals surface area contributed by atoms with E-state index in [0.29, 0.717) is 22.6 Å². The van der Waals surface area contributed by atoms with Gasteiger partial charge in [0.2, 0.25) is 5.78 Å². The van der Waals surface area contributed by atoms with Crippen molar-refractivity contribution in [3.63, 3.8) is 0 Å². The van der Waals surface area contributed by atoms with E-state index in [9.17, 15) is 14.4 Å². The molecule has 7 heteroatoms. The van der Waals surface area contributed by atoms with Crippen molar-refractivity contribution in [1.82, 2.24) is 4.98 Å². The van der Waals surface area contributed by atoms with Gasteiger partial charge in [-0.2, -0.15) is 0 Å². The molecule has 0 unspecified atom stereocenters. The van der Waals surface area contributed by atoms with Crippen molar-refractivity contribution in [2.45, 2.75) is 33.8 Å². The van der Waals surface area contributed by atoms with Gasteiger partial charge in [0.25, 0.3) is 0 Å². The van der Waals surface area contributed by atoms with Crippen LogP contribution in [-0.2, 0) is 9.47 Å². The van der Waals surface area contributed by atoms with Crippen molar-refractivity contribution in [2.24, 2.45) is 0 Å². The number of rotatable bonds is 7. The summed E-state index contributed by atoms with van der Waals surface area (Å²) in [5.74, 6) is -0.922. The number of ether oxygens (including phenoxy) is 3. The molecule has 2 rings (SSSR count). The molecular weight excluding hydrogens is 350 g/mol. The molecule has 144 valence electrons. The first-order valence-electron chi connectivity index (χ1n) is 8.55. The molecule has 1 aromatic heterocycles. The maximum atomic E-state index is 12.6. The predicted molar refractivity (Wildman–Crippen MR) is 98.4 cm³/mol. The Labute approximate surface area is 157 Å². The molecule has 7 nitrogen and oxygen atoms in total. The average Bonchev–Trinajstić information content (AvgIpc) is 2.95. The number of methoxy groups -OCH3 is 1. The van der Waals surface area contributed by atoms with Gasteiger partial charge in [-0.05, 0) is 57.5 Å². The van der Waals surface area contributed by atoms with Gasteiger partial charge in [0.05, 0.1) is 19.3 Å². The van der Waals surface area contributed by atoms with E-state index in [4.69, 9.17) is 14.2 Å². The molecule has 0 saturated carbocycles. The van der Waals surface area contributed by atoms with Crippen LogP contribution in [0.15, 0.2) is 24.3 Å². The summed E-state index contributed by atoms with van der Waals surface area (Å²) < 4.78 is 15.4. The maximum Gasteiger partial charge on any atom is 0.355 e. The second-order valence-corrected chi connectivity index (χ2v) is 5.99. The molecule has 27 heavy (non-hydrogen) atoms. The first kappa shape index (κ1) is 20.2. The Balaban J connectivity index is 2.16. The standard InChI is InChI=1S/C20H23NO6/c1-6-26-20(24)17-11(2)16(12(3)21-17)19(23)27-13(4)18(22)14-7-9-15(25-5)10-8-14/h7-10,13,21H,6H2,1-5H3/t13-/m1/s1. The number of esters is 2. The summed E-state index contributed by atoms with van der Waals surface area (Å²) >= 11 is 0. The van der Waals surface area contributed by atoms with Crippen molar-refractivity contribution in [3.05, 3.63) is 52.3 Å². The van der Waals surface area contributed by atoms with Crippen molar-refractivity contribution in [3.8, 4) is 5.75 Å². The fourth-order valence-corrected chi connectivity index (χ4v) is 2.73. The fraction of sp³-hybridized carbons (Fsp3) is 0.350. The highest BCUT2D eigenvalue weighted by Crippen LogP contribution is 2.21. The number of carbonyl (C=O) groups is 3. The molecule has 0 aliphatic carbocycles. The number of nitrogens with one attached hydrogen (secondary N) is 1. The van der Waals surface area contributed by atoms with Crippen molar-refractivity contribution in [1.29, 1.82) is 0 Å². The lowest BCUT2D eigenvalue weighted by Crippen LogP contribution is -2.25. The molecule has 1 atom stereocenters. The van der Waals surface area contributed by atoms with Gasteiger partial charge in [-0.1, -0.05) is 0 Å². The number of H-pyrrole nitrogens is 1. The fourth-order valence-electron chi connectivity index (χ4n) is 2.73. The predicted octanol–water partition coefficient (Wildman–Crippen LogP) is 3.25. The highest BCUT2D eigenvalue weighted by Gasteiger charge is 2.27. The number of aromatic amines is 1. The van der Waals surface area contributed by atoms with E-state index in [0.717, 1.165) is 0 Å². The second-order valence-electron chi connectivity index (χ2n) is 5.99. The Morgan fingerprint density at radius 1 is 1.07 bits per heavy atom. The third kappa shape index (κ3) is 4.36. The number of Topliss-reactive ketones (excluding diaryl/α,β-unsaturated/α-hetero) is 1. The molecule has 0 fully saturated rings. The number of carbonyl (C=O) groups excluding carboxylic acids is 3. The third-order valence-corrected chi connectivity index (χ3v) is 4.15. The van der Waals surface area contributed by atoms with Crippen LogP contribution in [0.4, 0.5) is 0 Å². The zero-order chi connectivity index (χ0) is 20.1. The van der Waals surface area contributed by atoms with Crippen molar-refractivity contribution < 1.29 is 28.6 Å². The molecule has 0 aliphatic rings. The zero-order valence-corrected chi connectivity index (χ0v) is 16.0. The summed E-state index contributed by atoms with van der Waals surface area (Å²) in [6.07, 6.45) is -0.981. The van der Waals surface area contributed by atoms with Crippen LogP contribution in [0.5, 0.6) is 5.75 Å². The van der Waals surface area contributed by atoms with Crippen molar-refractivity contribution in [2.75, 3.05) is 13.7 Å². The normalized spacial score (nSPS) is 11.6. The Morgan fingerprint density at radius 2 is 1.70 bits per heavy atom. The summed E-state index contributed by atoms with van der Waals surface area (Å²) in [4.78, 5) is 39.8. The van der Waals surface area contributed by atoms with Crippen LogP contribution in [0.3, 0.4) is 0 Å². The third-order valence-electron chi connectivity index (χ3n) is 4.15. The number of benzene rings is 1. The molecule has 1 heterocycles. The zero-order valence-electron chi connectivity index (χ0n) is 16.0. The van der Waals surface area contributed by atoms with Gasteiger partial charge >= 0.3 is 11.9 Å². The van der Waals surface area contributed by atoms with E-state index in [1.54, 1.807) is 45.0 Å². The lowest BCUT2D eigenvalue weighted by molar-refractivity contribution is 0.0317. The number of aromatic nitrogens is 1. The van der Waals surface area contributed by atoms with Crippen LogP contribution in [0.2, 0.25) is 0 Å². The van der Waals surface area contributed by atoms with Crippen LogP contribution >= 0.6 is 0 Å². The van der Waals surface area contributed by atoms with Gasteiger partial charge < -0.3 is 19.2 Å². The van der Waals surface area contributed by atoms with Gasteiger partial charge in [0.15, 0.2) is 6.10 Å². The largest absolute Gasteiger partial charge is 0.497 e. The highest BCUT2D eigenvalue weighted by molar-refractivity contribution is 6.03. The minimum absolute atomic E-state index is 0.204. The number of hydrogen-bond donors (Lipinski definition) is 1. The van der Waals surface area contributed by atoms with Crippen LogP contribution < -0.4 is 4.74 Å². The van der Waals surface area contributed by atoms with E-state index in [1.165, 1.54) is 14.0 Å². The molecule has 1 N–H and O–H groups in total. The Morgan fingerprint density at radius 3 is 2.26 bits per heavy atom. The molecule has 0 aliphatic heterocycles. The van der Waals surface area contributed by atoms with Crippen LogP contribution in [0, 0.1) is 13.8 Å². The Kier molecular flexibility index (Phi) is 6.39. The number of hydrogen-bond acceptors (Lipinski definition) is 6. The summed E-state index contributed by atoms with van der Waals surface area (Å²) in [6, 6.07) is 6.54. The highest BCUT2D eigenvalue weighted by atomic mass is 16.5.